The molecule has 1 aromatic rings. The number of rotatable bonds is 3. The molecule has 1 fully saturated rings. The molecule has 2 heterocycles. The van der Waals surface area contributed by atoms with Gasteiger partial charge < -0.3 is 14.6 Å². The predicted molar refractivity (Wildman–Crippen MR) is 81.7 cm³/mol. The van der Waals surface area contributed by atoms with Crippen LogP contribution in [-0.2, 0) is 9.53 Å². The summed E-state index contributed by atoms with van der Waals surface area (Å²) in [5.41, 5.74) is 0.570. The van der Waals surface area contributed by atoms with Crippen molar-refractivity contribution in [1.29, 1.82) is 0 Å². The molecular formula is C17H23NO4. The van der Waals surface area contributed by atoms with E-state index in [1.807, 2.05) is 31.2 Å². The van der Waals surface area contributed by atoms with Crippen LogP contribution in [-0.4, -0.2) is 47.8 Å². The Bertz CT molecular complexity index is 537. The molecule has 0 bridgehead atoms. The number of para-hydroxylation sites is 1. The number of aliphatic hydroxyl groups is 1. The van der Waals surface area contributed by atoms with Crippen LogP contribution in [0, 0.1) is 0 Å². The summed E-state index contributed by atoms with van der Waals surface area (Å²) in [6, 6.07) is 7.69. The number of piperidine rings is 1. The normalized spacial score (nSPS) is 23.6. The van der Waals surface area contributed by atoms with Gasteiger partial charge in [0.2, 0.25) is 0 Å². The Hall–Kier alpha value is -1.59. The van der Waals surface area contributed by atoms with Gasteiger partial charge in [0.1, 0.15) is 11.4 Å². The molecule has 1 atom stereocenters. The number of esters is 1. The quantitative estimate of drug-likeness (QED) is 0.864. The van der Waals surface area contributed by atoms with Gasteiger partial charge in [0.15, 0.2) is 0 Å². The lowest BCUT2D eigenvalue weighted by Gasteiger charge is -2.45. The van der Waals surface area contributed by atoms with Crippen LogP contribution in [0.25, 0.3) is 0 Å². The fraction of sp³-hybridized carbons (Fsp3) is 0.588. The van der Waals surface area contributed by atoms with E-state index < -0.39 is 6.10 Å². The maximum Gasteiger partial charge on any atom is 0.320 e. The van der Waals surface area contributed by atoms with Gasteiger partial charge in [-0.1, -0.05) is 18.2 Å². The maximum atomic E-state index is 11.6. The van der Waals surface area contributed by atoms with Gasteiger partial charge in [-0.2, -0.15) is 0 Å². The van der Waals surface area contributed by atoms with Gasteiger partial charge in [-0.25, -0.2) is 0 Å². The van der Waals surface area contributed by atoms with Gasteiger partial charge in [0.25, 0.3) is 0 Å². The average molecular weight is 305 g/mol. The number of carbonyl (C=O) groups excluding carboxylic acids is 1. The Kier molecular flexibility index (Phi) is 4.36. The first-order valence-electron chi connectivity index (χ1n) is 7.96. The number of aliphatic hydroxyl groups excluding tert-OH is 1. The zero-order chi connectivity index (χ0) is 15.6. The summed E-state index contributed by atoms with van der Waals surface area (Å²) in [6.45, 7) is 4.14. The highest BCUT2D eigenvalue weighted by Gasteiger charge is 2.42. The molecule has 1 saturated heterocycles. The molecule has 0 aliphatic carbocycles. The standard InChI is InChI=1S/C17H23NO4/c1-2-21-16(20)12-18-9-7-17(8-10-18)11-14(19)13-5-3-4-6-15(13)22-17/h3-6,14,19H,2,7-12H2,1H3. The van der Waals surface area contributed by atoms with E-state index in [1.54, 1.807) is 0 Å². The van der Waals surface area contributed by atoms with Crippen LogP contribution in [0.3, 0.4) is 0 Å². The molecule has 2 aliphatic heterocycles. The van der Waals surface area contributed by atoms with Crippen LogP contribution < -0.4 is 4.74 Å². The molecule has 5 heteroatoms. The smallest absolute Gasteiger partial charge is 0.320 e. The number of ether oxygens (including phenoxy) is 2. The third kappa shape index (κ3) is 3.10. The zero-order valence-corrected chi connectivity index (χ0v) is 13.0. The molecule has 1 aromatic carbocycles. The second kappa shape index (κ2) is 6.26. The van der Waals surface area contributed by atoms with E-state index in [4.69, 9.17) is 9.47 Å². The molecule has 0 aromatic heterocycles. The minimum Gasteiger partial charge on any atom is -0.487 e. The first-order chi connectivity index (χ1) is 10.6. The minimum atomic E-state index is -0.471. The number of benzene rings is 1. The summed E-state index contributed by atoms with van der Waals surface area (Å²) in [4.78, 5) is 13.7. The van der Waals surface area contributed by atoms with Gasteiger partial charge in [0.05, 0.1) is 19.3 Å². The highest BCUT2D eigenvalue weighted by Crippen LogP contribution is 2.43. The molecule has 22 heavy (non-hydrogen) atoms. The van der Waals surface area contributed by atoms with Crippen molar-refractivity contribution in [3.63, 3.8) is 0 Å². The topological polar surface area (TPSA) is 59.0 Å². The highest BCUT2D eigenvalue weighted by molar-refractivity contribution is 5.71. The molecule has 120 valence electrons. The van der Waals surface area contributed by atoms with E-state index in [9.17, 15) is 9.90 Å². The van der Waals surface area contributed by atoms with E-state index >= 15 is 0 Å². The summed E-state index contributed by atoms with van der Waals surface area (Å²) in [6.07, 6.45) is 1.79. The first-order valence-corrected chi connectivity index (χ1v) is 7.96. The van der Waals surface area contributed by atoms with Gasteiger partial charge in [-0.05, 0) is 25.8 Å². The molecule has 2 aliphatic rings. The summed E-state index contributed by atoms with van der Waals surface area (Å²) in [5, 5.41) is 10.4. The summed E-state index contributed by atoms with van der Waals surface area (Å²) in [7, 11) is 0. The van der Waals surface area contributed by atoms with Crippen molar-refractivity contribution in [2.75, 3.05) is 26.2 Å². The lowest BCUT2D eigenvalue weighted by molar-refractivity contribution is -0.145. The number of carbonyl (C=O) groups is 1. The summed E-state index contributed by atoms with van der Waals surface area (Å²) in [5.74, 6) is 0.619. The van der Waals surface area contributed by atoms with Crippen LogP contribution >= 0.6 is 0 Å². The van der Waals surface area contributed by atoms with Crippen molar-refractivity contribution in [3.8, 4) is 5.75 Å². The Morgan fingerprint density at radius 2 is 2.14 bits per heavy atom. The second-order valence-electron chi connectivity index (χ2n) is 6.12. The van der Waals surface area contributed by atoms with Crippen molar-refractivity contribution in [1.82, 2.24) is 4.90 Å². The molecule has 1 spiro atoms. The average Bonchev–Trinajstić information content (AvgIpc) is 2.50. The Balaban J connectivity index is 1.63. The number of fused-ring (bicyclic) bond motifs is 1. The van der Waals surface area contributed by atoms with Gasteiger partial charge in [-0.3, -0.25) is 9.69 Å². The van der Waals surface area contributed by atoms with Crippen molar-refractivity contribution >= 4 is 5.97 Å². The fourth-order valence-electron chi connectivity index (χ4n) is 3.40. The van der Waals surface area contributed by atoms with E-state index in [0.717, 1.165) is 37.2 Å². The van der Waals surface area contributed by atoms with Crippen molar-refractivity contribution in [3.05, 3.63) is 29.8 Å². The lowest BCUT2D eigenvalue weighted by atomic mass is 9.81. The van der Waals surface area contributed by atoms with E-state index in [0.29, 0.717) is 19.6 Å². The van der Waals surface area contributed by atoms with Crippen LogP contribution in [0.5, 0.6) is 5.75 Å². The number of nitrogens with zero attached hydrogens (tertiary/aromatic N) is 1. The van der Waals surface area contributed by atoms with Crippen molar-refractivity contribution < 1.29 is 19.4 Å². The number of hydrogen-bond donors (Lipinski definition) is 1. The number of hydrogen-bond acceptors (Lipinski definition) is 5. The predicted octanol–water partition coefficient (Wildman–Crippen LogP) is 1.90. The second-order valence-corrected chi connectivity index (χ2v) is 6.12. The molecular weight excluding hydrogens is 282 g/mol. The SMILES string of the molecule is CCOC(=O)CN1CCC2(CC1)CC(O)c1ccccc1O2. The molecule has 1 unspecified atom stereocenters. The van der Waals surface area contributed by atoms with Crippen LogP contribution in [0.2, 0.25) is 0 Å². The molecule has 0 radical (unpaired) electrons. The molecule has 5 nitrogen and oxygen atoms in total. The Morgan fingerprint density at radius 1 is 1.41 bits per heavy atom. The number of likely N-dealkylation sites (tertiary alicyclic amines) is 1. The monoisotopic (exact) mass is 305 g/mol. The van der Waals surface area contributed by atoms with E-state index in [-0.39, 0.29) is 11.6 Å². The zero-order valence-electron chi connectivity index (χ0n) is 13.0. The maximum absolute atomic E-state index is 11.6. The van der Waals surface area contributed by atoms with Gasteiger partial charge in [0, 0.05) is 25.1 Å². The third-order valence-electron chi connectivity index (χ3n) is 4.60. The van der Waals surface area contributed by atoms with Crippen LogP contribution in [0.1, 0.15) is 37.9 Å². The van der Waals surface area contributed by atoms with E-state index in [1.165, 1.54) is 0 Å². The molecule has 0 saturated carbocycles. The summed E-state index contributed by atoms with van der Waals surface area (Å²) < 4.78 is 11.2. The fourth-order valence-corrected chi connectivity index (χ4v) is 3.40. The van der Waals surface area contributed by atoms with Gasteiger partial charge in [-0.15, -0.1) is 0 Å². The highest BCUT2D eigenvalue weighted by atomic mass is 16.5. The lowest BCUT2D eigenvalue weighted by Crippen LogP contribution is -2.51. The largest absolute Gasteiger partial charge is 0.487 e. The minimum absolute atomic E-state index is 0.173. The van der Waals surface area contributed by atoms with Gasteiger partial charge >= 0.3 is 5.97 Å². The van der Waals surface area contributed by atoms with E-state index in [2.05, 4.69) is 4.90 Å². The molecule has 0 amide bonds. The first kappa shape index (κ1) is 15.3. The van der Waals surface area contributed by atoms with Crippen molar-refractivity contribution in [2.45, 2.75) is 37.9 Å². The molecule has 1 N–H and O–H groups in total. The Morgan fingerprint density at radius 3 is 2.86 bits per heavy atom. The molecule has 3 rings (SSSR count). The van der Waals surface area contributed by atoms with Crippen LogP contribution in [0.15, 0.2) is 24.3 Å². The third-order valence-corrected chi connectivity index (χ3v) is 4.60. The van der Waals surface area contributed by atoms with Crippen LogP contribution in [0.4, 0.5) is 0 Å². The Labute approximate surface area is 130 Å². The van der Waals surface area contributed by atoms with Crippen molar-refractivity contribution in [2.24, 2.45) is 0 Å². The summed E-state index contributed by atoms with van der Waals surface area (Å²) >= 11 is 0.